The van der Waals surface area contributed by atoms with Crippen molar-refractivity contribution in [2.24, 2.45) is 0 Å². The van der Waals surface area contributed by atoms with Crippen LogP contribution in [0.25, 0.3) is 78.6 Å². The number of hydrogen-bond acceptors (Lipinski definition) is 3. The fraction of sp³-hybridized carbons (Fsp3) is 0. The molecule has 0 aliphatic heterocycles. The van der Waals surface area contributed by atoms with Crippen LogP contribution >= 0.6 is 22.7 Å². The van der Waals surface area contributed by atoms with Crippen LogP contribution in [-0.4, -0.2) is 4.57 Å². The van der Waals surface area contributed by atoms with E-state index in [4.69, 9.17) is 0 Å². The summed E-state index contributed by atoms with van der Waals surface area (Å²) in [6.07, 6.45) is 0. The number of nitrogens with zero attached hydrogens (tertiary/aromatic N) is 2. The highest BCUT2D eigenvalue weighted by Gasteiger charge is 2.22. The van der Waals surface area contributed by atoms with Crippen molar-refractivity contribution >= 4 is 113 Å². The van der Waals surface area contributed by atoms with Gasteiger partial charge in [-0.25, -0.2) is 0 Å². The van der Waals surface area contributed by atoms with Crippen LogP contribution in [0.1, 0.15) is 0 Å². The third-order valence-electron chi connectivity index (χ3n) is 10.1. The molecule has 50 heavy (non-hydrogen) atoms. The van der Waals surface area contributed by atoms with E-state index in [0.717, 1.165) is 11.4 Å². The molecule has 8 aromatic carbocycles. The van der Waals surface area contributed by atoms with Crippen molar-refractivity contribution < 1.29 is 0 Å². The molecule has 0 amide bonds. The summed E-state index contributed by atoms with van der Waals surface area (Å²) in [6, 6.07) is 62.5. The van der Waals surface area contributed by atoms with Crippen LogP contribution in [-0.2, 0) is 0 Å². The predicted molar refractivity (Wildman–Crippen MR) is 219 cm³/mol. The van der Waals surface area contributed by atoms with Crippen molar-refractivity contribution in [3.8, 4) is 5.69 Å². The molecule has 3 aromatic heterocycles. The first-order chi connectivity index (χ1) is 24.8. The second kappa shape index (κ2) is 10.8. The lowest BCUT2D eigenvalue weighted by Crippen LogP contribution is -2.10. The molecule has 0 radical (unpaired) electrons. The summed E-state index contributed by atoms with van der Waals surface area (Å²) in [7, 11) is 0. The van der Waals surface area contributed by atoms with Crippen molar-refractivity contribution in [2.75, 3.05) is 4.90 Å². The molecule has 0 unspecified atom stereocenters. The summed E-state index contributed by atoms with van der Waals surface area (Å²) >= 11 is 3.75. The lowest BCUT2D eigenvalue weighted by molar-refractivity contribution is 1.18. The van der Waals surface area contributed by atoms with E-state index in [1.165, 1.54) is 84.3 Å². The molecule has 0 aliphatic carbocycles. The molecule has 4 heteroatoms. The average molecular weight is 673 g/mol. The van der Waals surface area contributed by atoms with Crippen molar-refractivity contribution in [1.29, 1.82) is 0 Å². The highest BCUT2D eigenvalue weighted by molar-refractivity contribution is 7.26. The number of anilines is 3. The Labute approximate surface area is 296 Å². The van der Waals surface area contributed by atoms with Crippen LogP contribution in [0.4, 0.5) is 17.1 Å². The average Bonchev–Trinajstić information content (AvgIpc) is 3.83. The van der Waals surface area contributed by atoms with E-state index in [1.54, 1.807) is 0 Å². The van der Waals surface area contributed by atoms with E-state index < -0.39 is 0 Å². The maximum Gasteiger partial charge on any atom is 0.0554 e. The molecule has 0 N–H and O–H groups in total. The number of fused-ring (bicyclic) bond motifs is 10. The molecule has 11 rings (SSSR count). The fourth-order valence-electron chi connectivity index (χ4n) is 7.92. The third kappa shape index (κ3) is 4.13. The van der Waals surface area contributed by atoms with Gasteiger partial charge in [-0.3, -0.25) is 0 Å². The largest absolute Gasteiger partial charge is 0.310 e. The molecule has 3 heterocycles. The lowest BCUT2D eigenvalue weighted by Gasteiger charge is -2.27. The Hall–Kier alpha value is -5.94. The van der Waals surface area contributed by atoms with Gasteiger partial charge in [0.1, 0.15) is 0 Å². The summed E-state index contributed by atoms with van der Waals surface area (Å²) in [5.74, 6) is 0. The van der Waals surface area contributed by atoms with Crippen molar-refractivity contribution in [3.63, 3.8) is 0 Å². The number of aromatic nitrogens is 1. The summed E-state index contributed by atoms with van der Waals surface area (Å²) in [5, 5.41) is 10.3. The van der Waals surface area contributed by atoms with Gasteiger partial charge in [0.05, 0.1) is 16.7 Å². The Morgan fingerprint density at radius 1 is 0.380 bits per heavy atom. The number of para-hydroxylation sites is 2. The van der Waals surface area contributed by atoms with Crippen molar-refractivity contribution in [3.05, 3.63) is 170 Å². The van der Waals surface area contributed by atoms with Crippen LogP contribution in [0.5, 0.6) is 0 Å². The van der Waals surface area contributed by atoms with Gasteiger partial charge >= 0.3 is 0 Å². The zero-order valence-corrected chi connectivity index (χ0v) is 28.5. The van der Waals surface area contributed by atoms with Crippen LogP contribution in [0, 0.1) is 0 Å². The molecular formula is C46H28N2S2. The van der Waals surface area contributed by atoms with Crippen LogP contribution in [0.15, 0.2) is 170 Å². The Bertz CT molecular complexity index is 3110. The number of rotatable bonds is 4. The molecule has 0 fully saturated rings. The summed E-state index contributed by atoms with van der Waals surface area (Å²) < 4.78 is 7.61. The molecule has 0 bridgehead atoms. The van der Waals surface area contributed by atoms with Crippen molar-refractivity contribution in [1.82, 2.24) is 4.57 Å². The van der Waals surface area contributed by atoms with E-state index in [0.29, 0.717) is 0 Å². The maximum atomic E-state index is 2.49. The van der Waals surface area contributed by atoms with Crippen LogP contribution < -0.4 is 4.90 Å². The van der Waals surface area contributed by atoms with E-state index >= 15 is 0 Å². The minimum absolute atomic E-state index is 1.14. The van der Waals surface area contributed by atoms with Gasteiger partial charge in [0, 0.05) is 68.2 Å². The van der Waals surface area contributed by atoms with E-state index in [-0.39, 0.29) is 0 Å². The lowest BCUT2D eigenvalue weighted by atomic mass is 10.0. The van der Waals surface area contributed by atoms with E-state index in [9.17, 15) is 0 Å². The zero-order chi connectivity index (χ0) is 32.8. The Morgan fingerprint density at radius 2 is 1.02 bits per heavy atom. The first kappa shape index (κ1) is 28.0. The molecule has 11 aromatic rings. The summed E-state index contributed by atoms with van der Waals surface area (Å²) in [6.45, 7) is 0. The quantitative estimate of drug-likeness (QED) is 0.181. The van der Waals surface area contributed by atoms with Gasteiger partial charge in [-0.2, -0.15) is 0 Å². The standard InChI is InChI=1S/C46H28N2S2/c1-2-13-31(14-3-1)48-39-17-8-6-15-34(39)37-27-32(22-24-40(37)48)47(33-21-23-36-35-16-7-9-19-42(35)49-45(36)28-33)41-18-10-20-43-46(41)38-25-29-11-4-5-12-30(29)26-44(38)50-43/h1-28H. The van der Waals surface area contributed by atoms with Gasteiger partial charge < -0.3 is 9.47 Å². The maximum absolute atomic E-state index is 2.49. The predicted octanol–water partition coefficient (Wildman–Crippen LogP) is 14.1. The Morgan fingerprint density at radius 3 is 1.92 bits per heavy atom. The second-order valence-electron chi connectivity index (χ2n) is 13.0. The molecule has 0 atom stereocenters. The van der Waals surface area contributed by atoms with Gasteiger partial charge in [-0.05, 0) is 89.6 Å². The molecule has 0 aliphatic rings. The van der Waals surface area contributed by atoms with E-state index in [2.05, 4.69) is 179 Å². The monoisotopic (exact) mass is 672 g/mol. The SMILES string of the molecule is c1ccc(-n2c3ccccc3c3cc(N(c4ccc5c(c4)sc4ccccc45)c4cccc5sc6cc7ccccc7cc6c45)ccc32)cc1. The topological polar surface area (TPSA) is 8.17 Å². The van der Waals surface area contributed by atoms with E-state index in [1.807, 2.05) is 22.7 Å². The summed E-state index contributed by atoms with van der Waals surface area (Å²) in [4.78, 5) is 2.49. The minimum atomic E-state index is 1.14. The zero-order valence-electron chi connectivity index (χ0n) is 26.9. The number of benzene rings is 8. The molecule has 2 nitrogen and oxygen atoms in total. The molecule has 234 valence electrons. The van der Waals surface area contributed by atoms with Gasteiger partial charge in [-0.1, -0.05) is 91.0 Å². The highest BCUT2D eigenvalue weighted by Crippen LogP contribution is 2.48. The first-order valence-electron chi connectivity index (χ1n) is 16.9. The summed E-state index contributed by atoms with van der Waals surface area (Å²) in [5.41, 5.74) is 7.06. The smallest absolute Gasteiger partial charge is 0.0554 e. The second-order valence-corrected chi connectivity index (χ2v) is 15.1. The van der Waals surface area contributed by atoms with Gasteiger partial charge in [0.15, 0.2) is 0 Å². The van der Waals surface area contributed by atoms with Crippen LogP contribution in [0.3, 0.4) is 0 Å². The number of hydrogen-bond donors (Lipinski definition) is 0. The Kier molecular flexibility index (Phi) is 6.03. The molecule has 0 saturated carbocycles. The number of thiophene rings is 2. The fourth-order valence-corrected chi connectivity index (χ4v) is 10.2. The van der Waals surface area contributed by atoms with Gasteiger partial charge in [-0.15, -0.1) is 22.7 Å². The van der Waals surface area contributed by atoms with Crippen LogP contribution in [0.2, 0.25) is 0 Å². The first-order valence-corrected chi connectivity index (χ1v) is 18.6. The molecule has 0 spiro atoms. The minimum Gasteiger partial charge on any atom is -0.310 e. The molecular weight excluding hydrogens is 645 g/mol. The van der Waals surface area contributed by atoms with Gasteiger partial charge in [0.2, 0.25) is 0 Å². The highest BCUT2D eigenvalue weighted by atomic mass is 32.1. The normalized spacial score (nSPS) is 12.0. The van der Waals surface area contributed by atoms with Crippen molar-refractivity contribution in [2.45, 2.75) is 0 Å². The molecule has 0 saturated heterocycles. The van der Waals surface area contributed by atoms with Gasteiger partial charge in [0.25, 0.3) is 0 Å². The third-order valence-corrected chi connectivity index (χ3v) is 12.4. The Balaban J connectivity index is 1.21.